The molecule has 0 aliphatic heterocycles. The molecule has 0 spiro atoms. The number of carbonyl (C=O) groups excluding carboxylic acids is 1. The molecule has 3 aromatic rings. The van der Waals surface area contributed by atoms with Gasteiger partial charge in [0.2, 0.25) is 10.0 Å². The molecule has 0 heterocycles. The van der Waals surface area contributed by atoms with Crippen LogP contribution in [-0.2, 0) is 21.4 Å². The minimum absolute atomic E-state index is 0.133. The van der Waals surface area contributed by atoms with E-state index in [1.165, 1.54) is 17.6 Å². The molecule has 0 bridgehead atoms. The molecular weight excluding hydrogens is 400 g/mol. The first-order chi connectivity index (χ1) is 14.3. The fourth-order valence-electron chi connectivity index (χ4n) is 2.86. The SMILES string of the molecule is CN(Cc1ccc(OCC(=O)Nc2ccccc2-c2ccccc2)cc1)S(C)(=O)=O. The van der Waals surface area contributed by atoms with E-state index in [9.17, 15) is 13.2 Å². The van der Waals surface area contributed by atoms with Crippen molar-refractivity contribution in [3.8, 4) is 16.9 Å². The van der Waals surface area contributed by atoms with Crippen LogP contribution in [-0.4, -0.2) is 38.5 Å². The van der Waals surface area contributed by atoms with Crippen molar-refractivity contribution in [3.05, 3.63) is 84.4 Å². The van der Waals surface area contributed by atoms with Crippen molar-refractivity contribution in [2.24, 2.45) is 0 Å². The highest BCUT2D eigenvalue weighted by Gasteiger charge is 2.12. The van der Waals surface area contributed by atoms with Crippen LogP contribution in [0.4, 0.5) is 5.69 Å². The minimum Gasteiger partial charge on any atom is -0.484 e. The molecule has 3 aromatic carbocycles. The molecule has 1 amide bonds. The number of hydrogen-bond acceptors (Lipinski definition) is 4. The smallest absolute Gasteiger partial charge is 0.262 e. The summed E-state index contributed by atoms with van der Waals surface area (Å²) in [6.45, 7) is 0.140. The summed E-state index contributed by atoms with van der Waals surface area (Å²) in [5.74, 6) is 0.270. The van der Waals surface area contributed by atoms with Crippen molar-refractivity contribution >= 4 is 21.6 Å². The number of benzene rings is 3. The monoisotopic (exact) mass is 424 g/mol. The van der Waals surface area contributed by atoms with E-state index in [0.717, 1.165) is 22.4 Å². The lowest BCUT2D eigenvalue weighted by molar-refractivity contribution is -0.118. The lowest BCUT2D eigenvalue weighted by Gasteiger charge is -2.14. The van der Waals surface area contributed by atoms with E-state index < -0.39 is 10.0 Å². The molecule has 6 nitrogen and oxygen atoms in total. The van der Waals surface area contributed by atoms with Crippen LogP contribution in [0.5, 0.6) is 5.75 Å². The summed E-state index contributed by atoms with van der Waals surface area (Å²) < 4.78 is 29.8. The Morgan fingerprint density at radius 3 is 2.23 bits per heavy atom. The molecule has 0 aliphatic carbocycles. The Balaban J connectivity index is 1.58. The Morgan fingerprint density at radius 2 is 1.57 bits per heavy atom. The molecule has 0 unspecified atom stereocenters. The summed E-state index contributed by atoms with van der Waals surface area (Å²) in [6, 6.07) is 24.4. The maximum absolute atomic E-state index is 12.4. The van der Waals surface area contributed by atoms with E-state index in [1.807, 2.05) is 54.6 Å². The Hall–Kier alpha value is -3.16. The van der Waals surface area contributed by atoms with Gasteiger partial charge in [0, 0.05) is 24.8 Å². The van der Waals surface area contributed by atoms with Crippen LogP contribution in [0.25, 0.3) is 11.1 Å². The molecular formula is C23H24N2O4S. The number of nitrogens with zero attached hydrogens (tertiary/aromatic N) is 1. The zero-order valence-corrected chi connectivity index (χ0v) is 17.7. The number of para-hydroxylation sites is 1. The summed E-state index contributed by atoms with van der Waals surface area (Å²) in [5, 5.41) is 2.90. The second kappa shape index (κ2) is 9.56. The van der Waals surface area contributed by atoms with E-state index in [0.29, 0.717) is 5.75 Å². The number of nitrogens with one attached hydrogen (secondary N) is 1. The predicted molar refractivity (Wildman–Crippen MR) is 119 cm³/mol. The molecule has 0 aliphatic rings. The van der Waals surface area contributed by atoms with Crippen molar-refractivity contribution < 1.29 is 17.9 Å². The fourth-order valence-corrected chi connectivity index (χ4v) is 3.25. The van der Waals surface area contributed by atoms with Crippen LogP contribution >= 0.6 is 0 Å². The Bertz CT molecular complexity index is 1100. The van der Waals surface area contributed by atoms with Gasteiger partial charge in [-0.15, -0.1) is 0 Å². The number of anilines is 1. The van der Waals surface area contributed by atoms with E-state index in [1.54, 1.807) is 24.3 Å². The molecule has 30 heavy (non-hydrogen) atoms. The minimum atomic E-state index is -3.24. The van der Waals surface area contributed by atoms with Gasteiger partial charge in [-0.3, -0.25) is 4.79 Å². The molecule has 0 aromatic heterocycles. The maximum atomic E-state index is 12.4. The third kappa shape index (κ3) is 5.92. The van der Waals surface area contributed by atoms with Crippen LogP contribution in [0.15, 0.2) is 78.9 Å². The van der Waals surface area contributed by atoms with Gasteiger partial charge in [-0.25, -0.2) is 12.7 Å². The lowest BCUT2D eigenvalue weighted by atomic mass is 10.0. The highest BCUT2D eigenvalue weighted by molar-refractivity contribution is 7.88. The summed E-state index contributed by atoms with van der Waals surface area (Å²) >= 11 is 0. The van der Waals surface area contributed by atoms with Gasteiger partial charge in [0.1, 0.15) is 5.75 Å². The summed E-state index contributed by atoms with van der Waals surface area (Å²) in [6.07, 6.45) is 1.17. The lowest BCUT2D eigenvalue weighted by Crippen LogP contribution is -2.24. The normalized spacial score (nSPS) is 11.3. The van der Waals surface area contributed by atoms with Crippen molar-refractivity contribution in [2.45, 2.75) is 6.54 Å². The van der Waals surface area contributed by atoms with E-state index in [2.05, 4.69) is 5.32 Å². The number of amides is 1. The number of carbonyl (C=O) groups is 1. The Morgan fingerprint density at radius 1 is 0.933 bits per heavy atom. The van der Waals surface area contributed by atoms with Crippen molar-refractivity contribution in [1.29, 1.82) is 0 Å². The van der Waals surface area contributed by atoms with Gasteiger partial charge in [-0.05, 0) is 29.3 Å². The molecule has 3 rings (SSSR count). The summed E-state index contributed by atoms with van der Waals surface area (Å²) in [4.78, 5) is 12.4. The second-order valence-electron chi connectivity index (χ2n) is 6.91. The third-order valence-corrected chi connectivity index (χ3v) is 5.81. The van der Waals surface area contributed by atoms with Crippen LogP contribution in [0.2, 0.25) is 0 Å². The zero-order valence-electron chi connectivity index (χ0n) is 16.9. The molecule has 0 fully saturated rings. The molecule has 0 saturated heterocycles. The van der Waals surface area contributed by atoms with Gasteiger partial charge < -0.3 is 10.1 Å². The summed E-state index contributed by atoms with van der Waals surface area (Å²) in [5.41, 5.74) is 3.50. The van der Waals surface area contributed by atoms with Gasteiger partial charge in [0.15, 0.2) is 6.61 Å². The van der Waals surface area contributed by atoms with Crippen molar-refractivity contribution in [3.63, 3.8) is 0 Å². The molecule has 0 atom stereocenters. The zero-order chi connectivity index (χ0) is 21.6. The van der Waals surface area contributed by atoms with Gasteiger partial charge in [0.25, 0.3) is 5.91 Å². The maximum Gasteiger partial charge on any atom is 0.262 e. The Kier molecular flexibility index (Phi) is 6.87. The van der Waals surface area contributed by atoms with Gasteiger partial charge in [-0.2, -0.15) is 0 Å². The molecule has 156 valence electrons. The first kappa shape index (κ1) is 21.5. The summed E-state index contributed by atoms with van der Waals surface area (Å²) in [7, 11) is -1.71. The quantitative estimate of drug-likeness (QED) is 0.597. The first-order valence-corrected chi connectivity index (χ1v) is 11.2. The number of sulfonamides is 1. The van der Waals surface area contributed by atoms with Crippen LogP contribution < -0.4 is 10.1 Å². The average Bonchev–Trinajstić information content (AvgIpc) is 2.73. The Labute approximate surface area is 177 Å². The third-order valence-electron chi connectivity index (χ3n) is 4.55. The molecule has 1 N–H and O–H groups in total. The fraction of sp³-hybridized carbons (Fsp3) is 0.174. The largest absolute Gasteiger partial charge is 0.484 e. The first-order valence-electron chi connectivity index (χ1n) is 9.40. The van der Waals surface area contributed by atoms with Crippen molar-refractivity contribution in [1.82, 2.24) is 4.31 Å². The number of rotatable bonds is 8. The van der Waals surface area contributed by atoms with Crippen LogP contribution in [0.3, 0.4) is 0 Å². The van der Waals surface area contributed by atoms with Gasteiger partial charge in [-0.1, -0.05) is 60.7 Å². The average molecular weight is 425 g/mol. The topological polar surface area (TPSA) is 75.7 Å². The van der Waals surface area contributed by atoms with E-state index >= 15 is 0 Å². The highest BCUT2D eigenvalue weighted by Crippen LogP contribution is 2.27. The highest BCUT2D eigenvalue weighted by atomic mass is 32.2. The van der Waals surface area contributed by atoms with Gasteiger partial charge >= 0.3 is 0 Å². The molecule has 0 saturated carbocycles. The van der Waals surface area contributed by atoms with E-state index in [4.69, 9.17) is 4.74 Å². The van der Waals surface area contributed by atoms with Gasteiger partial charge in [0.05, 0.1) is 6.26 Å². The second-order valence-corrected chi connectivity index (χ2v) is 9.00. The predicted octanol–water partition coefficient (Wildman–Crippen LogP) is 3.76. The molecule has 0 radical (unpaired) electrons. The van der Waals surface area contributed by atoms with Crippen LogP contribution in [0.1, 0.15) is 5.56 Å². The van der Waals surface area contributed by atoms with Crippen molar-refractivity contribution in [2.75, 3.05) is 25.2 Å². The van der Waals surface area contributed by atoms with Crippen LogP contribution in [0, 0.1) is 0 Å². The standard InChI is InChI=1S/C23H24N2O4S/c1-25(30(2,27)28)16-18-12-14-20(15-13-18)29-17-23(26)24-22-11-7-6-10-21(22)19-8-4-3-5-9-19/h3-15H,16-17H2,1-2H3,(H,24,26). The number of ether oxygens (including phenoxy) is 1. The number of hydrogen-bond donors (Lipinski definition) is 1. The molecule has 7 heteroatoms. The van der Waals surface area contributed by atoms with E-state index in [-0.39, 0.29) is 19.1 Å².